The van der Waals surface area contributed by atoms with Gasteiger partial charge in [-0.2, -0.15) is 13.2 Å². The van der Waals surface area contributed by atoms with Gasteiger partial charge in [-0.05, 0) is 25.2 Å². The van der Waals surface area contributed by atoms with Gasteiger partial charge in [0.05, 0.1) is 0 Å². The number of rotatable bonds is 3. The van der Waals surface area contributed by atoms with Gasteiger partial charge in [-0.25, -0.2) is 18.7 Å². The van der Waals surface area contributed by atoms with Crippen molar-refractivity contribution in [3.8, 4) is 0 Å². The first-order valence-corrected chi connectivity index (χ1v) is 9.01. The minimum Gasteiger partial charge on any atom is -0.338 e. The maximum absolute atomic E-state index is 13.5. The van der Waals surface area contributed by atoms with Crippen molar-refractivity contribution in [3.05, 3.63) is 17.5 Å². The molecule has 4 nitrogen and oxygen atoms in total. The van der Waals surface area contributed by atoms with Crippen molar-refractivity contribution >= 4 is 5.95 Å². The summed E-state index contributed by atoms with van der Waals surface area (Å²) >= 11 is 0. The van der Waals surface area contributed by atoms with Gasteiger partial charge in [0.25, 0.3) is 5.92 Å². The van der Waals surface area contributed by atoms with Gasteiger partial charge in [0.15, 0.2) is 5.69 Å². The number of nitrogens with zero attached hydrogens (tertiary/aromatic N) is 4. The average molecular weight is 376 g/mol. The van der Waals surface area contributed by atoms with Gasteiger partial charge >= 0.3 is 6.18 Å². The largest absolute Gasteiger partial charge is 0.433 e. The summed E-state index contributed by atoms with van der Waals surface area (Å²) in [6.07, 6.45) is -0.942. The van der Waals surface area contributed by atoms with E-state index in [2.05, 4.69) is 9.97 Å². The Morgan fingerprint density at radius 2 is 1.88 bits per heavy atom. The molecule has 2 aliphatic heterocycles. The highest BCUT2D eigenvalue weighted by Gasteiger charge is 2.42. The third kappa shape index (κ3) is 3.50. The van der Waals surface area contributed by atoms with Crippen molar-refractivity contribution in [1.29, 1.82) is 0 Å². The first-order valence-electron chi connectivity index (χ1n) is 9.01. The fraction of sp³-hybridized carbons (Fsp3) is 0.765. The zero-order chi connectivity index (χ0) is 18.5. The molecule has 0 spiro atoms. The standard InChI is InChI=1S/C17H21F5N4/c18-16(19)3-5-25(6-4-16)10-12-8-23-15(24-14(12)17(20,21)22)26-9-11-1-2-13(26)7-11/h8,11,13H,1-7,9-10H2/t11-,13+/m0/s1. The van der Waals surface area contributed by atoms with Gasteiger partial charge in [-0.3, -0.25) is 4.90 Å². The number of hydrogen-bond acceptors (Lipinski definition) is 4. The van der Waals surface area contributed by atoms with Crippen molar-refractivity contribution in [2.75, 3.05) is 24.5 Å². The summed E-state index contributed by atoms with van der Waals surface area (Å²) in [4.78, 5) is 11.5. The molecule has 0 N–H and O–H groups in total. The Kier molecular flexibility index (Phi) is 4.32. The minimum atomic E-state index is -4.59. The third-order valence-corrected chi connectivity index (χ3v) is 5.77. The van der Waals surface area contributed by atoms with Crippen molar-refractivity contribution in [2.24, 2.45) is 5.92 Å². The van der Waals surface area contributed by atoms with E-state index in [1.165, 1.54) is 6.20 Å². The number of fused-ring (bicyclic) bond motifs is 2. The Hall–Kier alpha value is -1.51. The van der Waals surface area contributed by atoms with Crippen LogP contribution in [0.3, 0.4) is 0 Å². The molecule has 0 aromatic carbocycles. The second-order valence-corrected chi connectivity index (χ2v) is 7.66. The molecule has 144 valence electrons. The predicted molar refractivity (Wildman–Crippen MR) is 85.0 cm³/mol. The van der Waals surface area contributed by atoms with Crippen LogP contribution in [0.15, 0.2) is 6.20 Å². The van der Waals surface area contributed by atoms with Crippen LogP contribution in [0.1, 0.15) is 43.4 Å². The van der Waals surface area contributed by atoms with Crippen molar-refractivity contribution in [3.63, 3.8) is 0 Å². The lowest BCUT2D eigenvalue weighted by Crippen LogP contribution is -2.39. The number of halogens is 5. The molecule has 3 heterocycles. The Balaban J connectivity index is 1.55. The Bertz CT molecular complexity index is 668. The van der Waals surface area contributed by atoms with Gasteiger partial charge in [0.1, 0.15) is 0 Å². The van der Waals surface area contributed by atoms with E-state index in [1.54, 1.807) is 4.90 Å². The van der Waals surface area contributed by atoms with E-state index >= 15 is 0 Å². The van der Waals surface area contributed by atoms with Gasteiger partial charge in [0, 0.05) is 56.8 Å². The number of hydrogen-bond donors (Lipinski definition) is 0. The van der Waals surface area contributed by atoms with Crippen LogP contribution >= 0.6 is 0 Å². The summed E-state index contributed by atoms with van der Waals surface area (Å²) in [7, 11) is 0. The monoisotopic (exact) mass is 376 g/mol. The second kappa shape index (κ2) is 6.28. The summed E-state index contributed by atoms with van der Waals surface area (Å²) in [6, 6.07) is 0.233. The Morgan fingerprint density at radius 3 is 2.46 bits per heavy atom. The highest BCUT2D eigenvalue weighted by Crippen LogP contribution is 2.40. The molecular formula is C17H21F5N4. The molecule has 0 unspecified atom stereocenters. The molecule has 26 heavy (non-hydrogen) atoms. The molecule has 1 saturated carbocycles. The fourth-order valence-electron chi connectivity index (χ4n) is 4.35. The molecule has 0 radical (unpaired) electrons. The summed E-state index contributed by atoms with van der Waals surface area (Å²) in [5.41, 5.74) is -0.988. The number of likely N-dealkylation sites (tertiary alicyclic amines) is 1. The maximum Gasteiger partial charge on any atom is 0.433 e. The number of aromatic nitrogens is 2. The molecule has 2 bridgehead atoms. The summed E-state index contributed by atoms with van der Waals surface area (Å²) in [6.45, 7) is 0.795. The summed E-state index contributed by atoms with van der Waals surface area (Å²) < 4.78 is 67.1. The lowest BCUT2D eigenvalue weighted by molar-refractivity contribution is -0.142. The van der Waals surface area contributed by atoms with E-state index in [-0.39, 0.29) is 50.0 Å². The van der Waals surface area contributed by atoms with E-state index in [4.69, 9.17) is 0 Å². The molecule has 4 rings (SSSR count). The molecule has 1 aliphatic carbocycles. The van der Waals surface area contributed by atoms with Crippen molar-refractivity contribution in [2.45, 2.75) is 56.8 Å². The lowest BCUT2D eigenvalue weighted by Gasteiger charge is -2.32. The molecular weight excluding hydrogens is 355 g/mol. The topological polar surface area (TPSA) is 32.3 Å². The van der Waals surface area contributed by atoms with Crippen LogP contribution in [-0.4, -0.2) is 46.5 Å². The van der Waals surface area contributed by atoms with Gasteiger partial charge in [-0.15, -0.1) is 0 Å². The normalized spacial score (nSPS) is 28.7. The number of piperidine rings is 2. The molecule has 9 heteroatoms. The summed E-state index contributed by atoms with van der Waals surface area (Å²) in [5, 5.41) is 0. The van der Waals surface area contributed by atoms with E-state index in [9.17, 15) is 22.0 Å². The molecule has 1 aromatic heterocycles. The summed E-state index contributed by atoms with van der Waals surface area (Å²) in [5.74, 6) is -2.07. The zero-order valence-electron chi connectivity index (χ0n) is 14.3. The van der Waals surface area contributed by atoms with Crippen LogP contribution in [0.25, 0.3) is 0 Å². The SMILES string of the molecule is FC1(F)CCN(Cc2cnc(N3C[C@H]4CC[C@@H]3C4)nc2C(F)(F)F)CC1. The Labute approximate surface area is 148 Å². The van der Waals surface area contributed by atoms with Crippen molar-refractivity contribution in [1.82, 2.24) is 14.9 Å². The highest BCUT2D eigenvalue weighted by atomic mass is 19.4. The van der Waals surface area contributed by atoms with Crippen LogP contribution in [0.4, 0.5) is 27.9 Å². The van der Waals surface area contributed by atoms with E-state index < -0.39 is 17.8 Å². The predicted octanol–water partition coefficient (Wildman–Crippen LogP) is 3.72. The Morgan fingerprint density at radius 1 is 1.15 bits per heavy atom. The lowest BCUT2D eigenvalue weighted by atomic mass is 10.1. The molecule has 1 aromatic rings. The molecule has 2 saturated heterocycles. The van der Waals surface area contributed by atoms with Gasteiger partial charge in [-0.1, -0.05) is 0 Å². The molecule has 3 aliphatic rings. The van der Waals surface area contributed by atoms with Crippen LogP contribution in [0, 0.1) is 5.92 Å². The van der Waals surface area contributed by atoms with Gasteiger partial charge in [0.2, 0.25) is 5.95 Å². The zero-order valence-corrected chi connectivity index (χ0v) is 14.3. The number of alkyl halides is 5. The highest BCUT2D eigenvalue weighted by molar-refractivity contribution is 5.38. The smallest absolute Gasteiger partial charge is 0.338 e. The molecule has 3 fully saturated rings. The van der Waals surface area contributed by atoms with Crippen molar-refractivity contribution < 1.29 is 22.0 Å². The second-order valence-electron chi connectivity index (χ2n) is 7.66. The first kappa shape index (κ1) is 17.9. The number of anilines is 1. The van der Waals surface area contributed by atoms with E-state index in [1.807, 2.05) is 4.90 Å². The van der Waals surface area contributed by atoms with Gasteiger partial charge < -0.3 is 4.90 Å². The van der Waals surface area contributed by atoms with E-state index in [0.29, 0.717) is 12.5 Å². The molecule has 2 atom stereocenters. The van der Waals surface area contributed by atoms with Crippen LogP contribution in [0.2, 0.25) is 0 Å². The van der Waals surface area contributed by atoms with Crippen LogP contribution < -0.4 is 4.90 Å². The third-order valence-electron chi connectivity index (χ3n) is 5.77. The van der Waals surface area contributed by atoms with Crippen LogP contribution in [-0.2, 0) is 12.7 Å². The maximum atomic E-state index is 13.5. The van der Waals surface area contributed by atoms with Crippen LogP contribution in [0.5, 0.6) is 0 Å². The average Bonchev–Trinajstić information content (AvgIpc) is 3.19. The van der Waals surface area contributed by atoms with E-state index in [0.717, 1.165) is 19.3 Å². The fourth-order valence-corrected chi connectivity index (χ4v) is 4.35. The first-order chi connectivity index (χ1) is 12.2. The molecule has 0 amide bonds. The quantitative estimate of drug-likeness (QED) is 0.753. The minimum absolute atomic E-state index is 0.0455.